The first-order valence-electron chi connectivity index (χ1n) is 8.14. The quantitative estimate of drug-likeness (QED) is 0.289. The second-order valence-corrected chi connectivity index (χ2v) is 5.60. The largest absolute Gasteiger partial charge is 1.00 e. The maximum Gasteiger partial charge on any atom is 0.176 e. The Morgan fingerprint density at radius 3 is 1.31 bits per heavy atom. The van der Waals surface area contributed by atoms with E-state index in [4.69, 9.17) is 9.47 Å². The third-order valence-corrected chi connectivity index (χ3v) is 3.39. The zero-order valence-electron chi connectivity index (χ0n) is 14.5. The maximum absolute atomic E-state index is 9.88. The normalized spacial score (nSPS) is 12.5. The predicted molar refractivity (Wildman–Crippen MR) is 86.9 cm³/mol. The number of pyridine rings is 2. The average Bonchev–Trinajstić information content (AvgIpc) is 2.60. The zero-order valence-corrected chi connectivity index (χ0v) is 16.0. The first-order valence-corrected chi connectivity index (χ1v) is 8.14. The van der Waals surface area contributed by atoms with Crippen LogP contribution in [0, 0.1) is 0 Å². The van der Waals surface area contributed by atoms with Gasteiger partial charge in [0.25, 0.3) is 0 Å². The van der Waals surface area contributed by atoms with Crippen LogP contribution in [0.4, 0.5) is 0 Å². The Bertz CT molecular complexity index is 512. The van der Waals surface area contributed by atoms with Crippen LogP contribution in [-0.4, -0.2) is 48.8 Å². The smallest absolute Gasteiger partial charge is 0.176 e. The maximum atomic E-state index is 9.88. The lowest BCUT2D eigenvalue weighted by Crippen LogP contribution is -3.00. The third kappa shape index (κ3) is 10.7. The highest BCUT2D eigenvalue weighted by Crippen LogP contribution is 1.90. The van der Waals surface area contributed by atoms with Crippen LogP contribution in [0.1, 0.15) is 0 Å². The summed E-state index contributed by atoms with van der Waals surface area (Å²) in [6, 6.07) is 11.5. The Morgan fingerprint density at radius 1 is 0.615 bits per heavy atom. The van der Waals surface area contributed by atoms with Crippen LogP contribution >= 0.6 is 0 Å². The van der Waals surface area contributed by atoms with E-state index in [-0.39, 0.29) is 38.0 Å². The number of rotatable bonds is 11. The van der Waals surface area contributed by atoms with Crippen molar-refractivity contribution in [1.82, 2.24) is 0 Å². The van der Waals surface area contributed by atoms with E-state index in [1.165, 1.54) is 0 Å². The van der Waals surface area contributed by atoms with Gasteiger partial charge in [-0.3, -0.25) is 0 Å². The Labute approximate surface area is 166 Å². The number of halogens is 2. The van der Waals surface area contributed by atoms with E-state index in [2.05, 4.69) is 0 Å². The van der Waals surface area contributed by atoms with E-state index in [1.54, 1.807) is 0 Å². The Hall–Kier alpha value is -1.28. The third-order valence-electron chi connectivity index (χ3n) is 3.39. The van der Waals surface area contributed by atoms with Crippen molar-refractivity contribution in [2.75, 3.05) is 26.4 Å². The molecule has 2 unspecified atom stereocenters. The fourth-order valence-electron chi connectivity index (χ4n) is 2.26. The van der Waals surface area contributed by atoms with Crippen molar-refractivity contribution in [1.29, 1.82) is 0 Å². The molecule has 0 saturated carbocycles. The van der Waals surface area contributed by atoms with Gasteiger partial charge in [-0.15, -0.1) is 0 Å². The highest BCUT2D eigenvalue weighted by atomic mass is 35.5. The second kappa shape index (κ2) is 14.8. The summed E-state index contributed by atoms with van der Waals surface area (Å²) in [6.07, 6.45) is 6.49. The topological polar surface area (TPSA) is 66.7 Å². The summed E-state index contributed by atoms with van der Waals surface area (Å²) >= 11 is 0. The van der Waals surface area contributed by atoms with Crippen molar-refractivity contribution >= 4 is 0 Å². The van der Waals surface area contributed by atoms with E-state index in [9.17, 15) is 10.2 Å². The summed E-state index contributed by atoms with van der Waals surface area (Å²) in [6.45, 7) is 2.29. The molecular weight excluding hydrogens is 379 g/mol. The van der Waals surface area contributed by atoms with Gasteiger partial charge in [-0.25, -0.2) is 9.13 Å². The van der Waals surface area contributed by atoms with Crippen LogP contribution in [0.3, 0.4) is 0 Å². The van der Waals surface area contributed by atoms with Gasteiger partial charge >= 0.3 is 0 Å². The van der Waals surface area contributed by atoms with Gasteiger partial charge in [-0.2, -0.15) is 0 Å². The van der Waals surface area contributed by atoms with Gasteiger partial charge in [0, 0.05) is 24.3 Å². The summed E-state index contributed by atoms with van der Waals surface area (Å²) in [5.41, 5.74) is 0. The minimum atomic E-state index is -0.558. The van der Waals surface area contributed by atoms with Gasteiger partial charge in [0.2, 0.25) is 0 Å². The van der Waals surface area contributed by atoms with Crippen LogP contribution < -0.4 is 33.9 Å². The molecule has 2 rings (SSSR count). The molecular formula is C18H26Cl2N2O4. The zero-order chi connectivity index (χ0) is 17.0. The number of ether oxygens (including phenoxy) is 2. The molecule has 0 aliphatic rings. The fraction of sp³-hybridized carbons (Fsp3) is 0.444. The Balaban J connectivity index is 0.00000312. The monoisotopic (exact) mass is 404 g/mol. The summed E-state index contributed by atoms with van der Waals surface area (Å²) in [5, 5.41) is 19.8. The molecule has 146 valence electrons. The van der Waals surface area contributed by atoms with Crippen molar-refractivity contribution in [3.63, 3.8) is 0 Å². The number of aliphatic hydroxyl groups excluding tert-OH is 2. The second-order valence-electron chi connectivity index (χ2n) is 5.60. The van der Waals surface area contributed by atoms with Crippen molar-refractivity contribution in [2.45, 2.75) is 25.3 Å². The fourth-order valence-corrected chi connectivity index (χ4v) is 2.26. The molecule has 0 aromatic carbocycles. The molecule has 2 N–H and O–H groups in total. The summed E-state index contributed by atoms with van der Waals surface area (Å²) in [5.74, 6) is 0. The molecule has 2 heterocycles. The molecule has 2 aromatic heterocycles. The van der Waals surface area contributed by atoms with E-state index in [0.29, 0.717) is 26.3 Å². The van der Waals surface area contributed by atoms with Crippen LogP contribution in [0.25, 0.3) is 0 Å². The van der Waals surface area contributed by atoms with Crippen LogP contribution in [0.15, 0.2) is 61.2 Å². The molecule has 0 fully saturated rings. The molecule has 0 aliphatic carbocycles. The van der Waals surface area contributed by atoms with Gasteiger partial charge in [-0.1, -0.05) is 12.1 Å². The minimum Gasteiger partial charge on any atom is -1.00 e. The van der Waals surface area contributed by atoms with E-state index in [0.717, 1.165) is 0 Å². The van der Waals surface area contributed by atoms with Gasteiger partial charge in [0.1, 0.15) is 12.2 Å². The summed E-state index contributed by atoms with van der Waals surface area (Å²) in [4.78, 5) is 0. The van der Waals surface area contributed by atoms with Crippen LogP contribution in [0.2, 0.25) is 0 Å². The van der Waals surface area contributed by atoms with Crippen molar-refractivity contribution < 1.29 is 53.6 Å². The lowest BCUT2D eigenvalue weighted by atomic mass is 10.3. The highest BCUT2D eigenvalue weighted by molar-refractivity contribution is 4.84. The molecule has 0 amide bonds. The number of nitrogens with zero attached hydrogens (tertiary/aromatic N) is 2. The SMILES string of the molecule is OC(COCCOCC(O)C[n+]1ccccc1)C[n+]1ccccc1.[Cl-].[Cl-]. The van der Waals surface area contributed by atoms with Crippen LogP contribution in [-0.2, 0) is 22.6 Å². The molecule has 0 saturated heterocycles. The van der Waals surface area contributed by atoms with Gasteiger partial charge < -0.3 is 44.5 Å². The number of aliphatic hydroxyl groups is 2. The summed E-state index contributed by atoms with van der Waals surface area (Å²) in [7, 11) is 0. The first-order chi connectivity index (χ1) is 11.7. The molecule has 0 spiro atoms. The molecule has 26 heavy (non-hydrogen) atoms. The average molecular weight is 405 g/mol. The van der Waals surface area contributed by atoms with Crippen molar-refractivity contribution in [3.05, 3.63) is 61.2 Å². The Kier molecular flexibility index (Phi) is 14.1. The lowest BCUT2D eigenvalue weighted by Gasteiger charge is -2.10. The van der Waals surface area contributed by atoms with Crippen molar-refractivity contribution in [3.8, 4) is 0 Å². The van der Waals surface area contributed by atoms with Crippen molar-refractivity contribution in [2.24, 2.45) is 0 Å². The predicted octanol–water partition coefficient (Wildman–Crippen LogP) is -6.28. The molecule has 0 radical (unpaired) electrons. The standard InChI is InChI=1S/C18H26N2O4.2ClH/c21-17(13-19-7-3-1-4-8-19)15-23-11-12-24-16-18(22)14-20-9-5-2-6-10-20;;/h1-10,17-18,21-22H,11-16H2;2*1H/q+2;;/p-2. The Morgan fingerprint density at radius 2 is 0.962 bits per heavy atom. The molecule has 6 nitrogen and oxygen atoms in total. The first kappa shape index (κ1) is 24.7. The molecule has 2 aromatic rings. The minimum absolute atomic E-state index is 0. The highest BCUT2D eigenvalue weighted by Gasteiger charge is 2.12. The van der Waals surface area contributed by atoms with E-state index in [1.807, 2.05) is 70.3 Å². The van der Waals surface area contributed by atoms with Gasteiger partial charge in [0.05, 0.1) is 26.4 Å². The van der Waals surface area contributed by atoms with E-state index >= 15 is 0 Å². The number of aromatic nitrogens is 2. The molecule has 2 atom stereocenters. The number of hydrogen-bond acceptors (Lipinski definition) is 4. The molecule has 8 heteroatoms. The lowest BCUT2D eigenvalue weighted by molar-refractivity contribution is -0.704. The molecule has 0 aliphatic heterocycles. The number of hydrogen-bond donors (Lipinski definition) is 2. The van der Waals surface area contributed by atoms with E-state index < -0.39 is 12.2 Å². The van der Waals surface area contributed by atoms with Gasteiger partial charge in [-0.05, 0) is 0 Å². The van der Waals surface area contributed by atoms with Crippen LogP contribution in [0.5, 0.6) is 0 Å². The summed E-state index contributed by atoms with van der Waals surface area (Å²) < 4.78 is 14.6. The van der Waals surface area contributed by atoms with Gasteiger partial charge in [0.15, 0.2) is 37.9 Å². The molecule has 0 bridgehead atoms.